The van der Waals surface area contributed by atoms with E-state index in [0.717, 1.165) is 16.3 Å². The molecule has 1 aromatic carbocycles. The minimum atomic E-state index is 0.366. The molecule has 0 saturated carbocycles. The van der Waals surface area contributed by atoms with E-state index in [4.69, 9.17) is 5.73 Å². The number of nitrogens with two attached hydrogens (primary N) is 1. The number of benzene rings is 1. The van der Waals surface area contributed by atoms with E-state index in [1.807, 2.05) is 0 Å². The third kappa shape index (κ3) is 3.80. The second kappa shape index (κ2) is 6.87. The van der Waals surface area contributed by atoms with Crippen molar-refractivity contribution >= 4 is 15.9 Å². The standard InChI is InChI=1S/C16H25BrN2/c1-12(2)13-6-8-19(9-7-13)16(11-18)14-4-3-5-15(17)10-14/h3-5,10,12-13,16H,6-9,11,18H2,1-2H3. The Labute approximate surface area is 125 Å². The van der Waals surface area contributed by atoms with Gasteiger partial charge in [-0.25, -0.2) is 0 Å². The molecule has 1 aromatic rings. The fourth-order valence-corrected chi connectivity index (χ4v) is 3.52. The molecule has 0 amide bonds. The summed E-state index contributed by atoms with van der Waals surface area (Å²) in [5.41, 5.74) is 7.36. The van der Waals surface area contributed by atoms with Gasteiger partial charge >= 0.3 is 0 Å². The molecule has 1 saturated heterocycles. The van der Waals surface area contributed by atoms with Crippen LogP contribution in [0.1, 0.15) is 38.3 Å². The Balaban J connectivity index is 2.03. The van der Waals surface area contributed by atoms with E-state index >= 15 is 0 Å². The topological polar surface area (TPSA) is 29.3 Å². The normalized spacial score (nSPS) is 19.8. The van der Waals surface area contributed by atoms with Crippen LogP contribution in [0.25, 0.3) is 0 Å². The molecule has 0 bridgehead atoms. The predicted octanol–water partition coefficient (Wildman–Crippen LogP) is 3.82. The first kappa shape index (κ1) is 15.0. The van der Waals surface area contributed by atoms with Crippen molar-refractivity contribution in [3.8, 4) is 0 Å². The Morgan fingerprint density at radius 1 is 1.32 bits per heavy atom. The SMILES string of the molecule is CC(C)C1CCN(C(CN)c2cccc(Br)c2)CC1. The summed E-state index contributed by atoms with van der Waals surface area (Å²) < 4.78 is 1.14. The summed E-state index contributed by atoms with van der Waals surface area (Å²) in [5, 5.41) is 0. The molecular weight excluding hydrogens is 300 g/mol. The number of hydrogen-bond donors (Lipinski definition) is 1. The molecule has 2 N–H and O–H groups in total. The lowest BCUT2D eigenvalue weighted by molar-refractivity contribution is 0.117. The summed E-state index contributed by atoms with van der Waals surface area (Å²) in [5.74, 6) is 1.70. The number of piperidine rings is 1. The molecule has 0 spiro atoms. The van der Waals surface area contributed by atoms with E-state index in [1.54, 1.807) is 0 Å². The Morgan fingerprint density at radius 3 is 2.53 bits per heavy atom. The van der Waals surface area contributed by atoms with E-state index < -0.39 is 0 Å². The quantitative estimate of drug-likeness (QED) is 0.912. The number of halogens is 1. The van der Waals surface area contributed by atoms with E-state index in [1.165, 1.54) is 31.5 Å². The second-order valence-electron chi connectivity index (χ2n) is 5.92. The van der Waals surface area contributed by atoms with E-state index in [2.05, 4.69) is 58.9 Å². The van der Waals surface area contributed by atoms with Crippen LogP contribution in [0.15, 0.2) is 28.7 Å². The van der Waals surface area contributed by atoms with Crippen molar-refractivity contribution in [2.75, 3.05) is 19.6 Å². The highest BCUT2D eigenvalue weighted by molar-refractivity contribution is 9.10. The highest BCUT2D eigenvalue weighted by atomic mass is 79.9. The van der Waals surface area contributed by atoms with Crippen LogP contribution in [0, 0.1) is 11.8 Å². The van der Waals surface area contributed by atoms with Crippen molar-refractivity contribution in [2.45, 2.75) is 32.7 Å². The first-order valence-electron chi connectivity index (χ1n) is 7.31. The van der Waals surface area contributed by atoms with Gasteiger partial charge in [0.15, 0.2) is 0 Å². The second-order valence-corrected chi connectivity index (χ2v) is 6.84. The van der Waals surface area contributed by atoms with E-state index in [0.29, 0.717) is 12.6 Å². The summed E-state index contributed by atoms with van der Waals surface area (Å²) in [6.45, 7) is 7.74. The molecule has 3 heteroatoms. The summed E-state index contributed by atoms with van der Waals surface area (Å²) in [6.07, 6.45) is 2.62. The number of rotatable bonds is 4. The third-order valence-corrected chi connectivity index (χ3v) is 4.91. The van der Waals surface area contributed by atoms with Crippen LogP contribution in [-0.4, -0.2) is 24.5 Å². The summed E-state index contributed by atoms with van der Waals surface area (Å²) in [7, 11) is 0. The molecule has 1 unspecified atom stereocenters. The lowest BCUT2D eigenvalue weighted by atomic mass is 9.86. The molecule has 2 nitrogen and oxygen atoms in total. The van der Waals surface area contributed by atoms with Crippen LogP contribution in [0.3, 0.4) is 0 Å². The van der Waals surface area contributed by atoms with Crippen molar-refractivity contribution in [3.05, 3.63) is 34.3 Å². The van der Waals surface area contributed by atoms with Gasteiger partial charge in [0.1, 0.15) is 0 Å². The average molecular weight is 325 g/mol. The smallest absolute Gasteiger partial charge is 0.0470 e. The maximum atomic E-state index is 6.02. The monoisotopic (exact) mass is 324 g/mol. The van der Waals surface area contributed by atoms with Crippen molar-refractivity contribution in [1.29, 1.82) is 0 Å². The van der Waals surface area contributed by atoms with Gasteiger partial charge in [0.25, 0.3) is 0 Å². The molecular formula is C16H25BrN2. The molecule has 106 valence electrons. The first-order valence-corrected chi connectivity index (χ1v) is 8.10. The number of nitrogens with zero attached hydrogens (tertiary/aromatic N) is 1. The minimum absolute atomic E-state index is 0.366. The van der Waals surface area contributed by atoms with Crippen LogP contribution >= 0.6 is 15.9 Å². The Bertz CT molecular complexity index is 397. The zero-order chi connectivity index (χ0) is 13.8. The van der Waals surface area contributed by atoms with Crippen LogP contribution in [0.4, 0.5) is 0 Å². The average Bonchev–Trinajstić information content (AvgIpc) is 2.40. The van der Waals surface area contributed by atoms with Gasteiger partial charge in [-0.1, -0.05) is 41.9 Å². The summed E-state index contributed by atoms with van der Waals surface area (Å²) in [6, 6.07) is 8.93. The van der Waals surface area contributed by atoms with Crippen molar-refractivity contribution in [1.82, 2.24) is 4.90 Å². The highest BCUT2D eigenvalue weighted by Crippen LogP contribution is 2.30. The van der Waals surface area contributed by atoms with Crippen molar-refractivity contribution < 1.29 is 0 Å². The third-order valence-electron chi connectivity index (χ3n) is 4.41. The van der Waals surface area contributed by atoms with Gasteiger partial charge in [0.2, 0.25) is 0 Å². The fraction of sp³-hybridized carbons (Fsp3) is 0.625. The Hall–Kier alpha value is -0.380. The van der Waals surface area contributed by atoms with E-state index in [9.17, 15) is 0 Å². The first-order chi connectivity index (χ1) is 9.11. The lowest BCUT2D eigenvalue weighted by Gasteiger charge is -2.38. The fourth-order valence-electron chi connectivity index (χ4n) is 3.11. The zero-order valence-corrected chi connectivity index (χ0v) is 13.6. The molecule has 19 heavy (non-hydrogen) atoms. The van der Waals surface area contributed by atoms with Crippen molar-refractivity contribution in [3.63, 3.8) is 0 Å². The molecule has 1 atom stereocenters. The molecule has 1 heterocycles. The van der Waals surface area contributed by atoms with E-state index in [-0.39, 0.29) is 0 Å². The molecule has 1 aliphatic heterocycles. The predicted molar refractivity (Wildman–Crippen MR) is 85.1 cm³/mol. The van der Waals surface area contributed by atoms with Gasteiger partial charge in [0, 0.05) is 17.1 Å². The molecule has 0 aliphatic carbocycles. The Kier molecular flexibility index (Phi) is 5.43. The molecule has 0 radical (unpaired) electrons. The summed E-state index contributed by atoms with van der Waals surface area (Å²) in [4.78, 5) is 2.56. The van der Waals surface area contributed by atoms with Crippen LogP contribution in [0.2, 0.25) is 0 Å². The molecule has 0 aromatic heterocycles. The van der Waals surface area contributed by atoms with Crippen LogP contribution in [0.5, 0.6) is 0 Å². The largest absolute Gasteiger partial charge is 0.329 e. The van der Waals surface area contributed by atoms with Gasteiger partial charge in [-0.15, -0.1) is 0 Å². The lowest BCUT2D eigenvalue weighted by Crippen LogP contribution is -2.40. The maximum Gasteiger partial charge on any atom is 0.0470 e. The van der Waals surface area contributed by atoms with Gasteiger partial charge in [0.05, 0.1) is 0 Å². The van der Waals surface area contributed by atoms with Gasteiger partial charge in [-0.2, -0.15) is 0 Å². The maximum absolute atomic E-state index is 6.02. The molecule has 2 rings (SSSR count). The van der Waals surface area contributed by atoms with Gasteiger partial charge < -0.3 is 5.73 Å². The Morgan fingerprint density at radius 2 is 2.00 bits per heavy atom. The van der Waals surface area contributed by atoms with Gasteiger partial charge in [-0.05, 0) is 55.5 Å². The van der Waals surface area contributed by atoms with Crippen LogP contribution in [-0.2, 0) is 0 Å². The van der Waals surface area contributed by atoms with Gasteiger partial charge in [-0.3, -0.25) is 4.90 Å². The van der Waals surface area contributed by atoms with Crippen LogP contribution < -0.4 is 5.73 Å². The molecule has 1 aliphatic rings. The highest BCUT2D eigenvalue weighted by Gasteiger charge is 2.26. The van der Waals surface area contributed by atoms with Crippen molar-refractivity contribution in [2.24, 2.45) is 17.6 Å². The minimum Gasteiger partial charge on any atom is -0.329 e. The summed E-state index contributed by atoms with van der Waals surface area (Å²) >= 11 is 3.55. The number of likely N-dealkylation sites (tertiary alicyclic amines) is 1. The molecule has 1 fully saturated rings. The zero-order valence-electron chi connectivity index (χ0n) is 12.0. The number of hydrogen-bond acceptors (Lipinski definition) is 2.